The summed E-state index contributed by atoms with van der Waals surface area (Å²) in [6.07, 6.45) is 2.34. The summed E-state index contributed by atoms with van der Waals surface area (Å²) in [4.78, 5) is 2.52. The van der Waals surface area contributed by atoms with Crippen LogP contribution in [0.2, 0.25) is 0 Å². The largest absolute Gasteiger partial charge is 0.375 e. The highest BCUT2D eigenvalue weighted by atomic mass is 19.1. The van der Waals surface area contributed by atoms with Crippen molar-refractivity contribution in [2.45, 2.75) is 44.9 Å². The van der Waals surface area contributed by atoms with Crippen molar-refractivity contribution in [3.05, 3.63) is 35.6 Å². The van der Waals surface area contributed by atoms with E-state index >= 15 is 0 Å². The van der Waals surface area contributed by atoms with Crippen LogP contribution in [0.1, 0.15) is 38.4 Å². The molecule has 2 rings (SSSR count). The monoisotopic (exact) mass is 294 g/mol. The van der Waals surface area contributed by atoms with Crippen LogP contribution < -0.4 is 5.32 Å². The Labute approximate surface area is 127 Å². The number of piperidine rings is 1. The second-order valence-electron chi connectivity index (χ2n) is 6.09. The molecule has 1 aliphatic rings. The Morgan fingerprint density at radius 3 is 2.38 bits per heavy atom. The van der Waals surface area contributed by atoms with Gasteiger partial charge in [-0.15, -0.1) is 0 Å². The molecule has 3 nitrogen and oxygen atoms in total. The van der Waals surface area contributed by atoms with Gasteiger partial charge in [-0.3, -0.25) is 0 Å². The molecule has 118 valence electrons. The van der Waals surface area contributed by atoms with Crippen molar-refractivity contribution in [2.75, 3.05) is 26.7 Å². The summed E-state index contributed by atoms with van der Waals surface area (Å²) in [5, 5.41) is 3.60. The van der Waals surface area contributed by atoms with Crippen molar-refractivity contribution in [1.29, 1.82) is 0 Å². The highest BCUT2D eigenvalue weighted by Crippen LogP contribution is 2.18. The number of likely N-dealkylation sites (tertiary alicyclic amines) is 1. The van der Waals surface area contributed by atoms with E-state index in [0.717, 1.165) is 25.2 Å². The van der Waals surface area contributed by atoms with Crippen LogP contribution in [0.15, 0.2) is 24.3 Å². The van der Waals surface area contributed by atoms with E-state index in [0.29, 0.717) is 12.1 Å². The number of benzene rings is 1. The minimum Gasteiger partial charge on any atom is -0.375 e. The second-order valence-corrected chi connectivity index (χ2v) is 6.09. The average molecular weight is 294 g/mol. The molecule has 0 aromatic heterocycles. The lowest BCUT2D eigenvalue weighted by Crippen LogP contribution is -2.45. The van der Waals surface area contributed by atoms with E-state index < -0.39 is 0 Å². The zero-order valence-electron chi connectivity index (χ0n) is 13.3. The Bertz CT molecular complexity index is 413. The van der Waals surface area contributed by atoms with Crippen molar-refractivity contribution < 1.29 is 9.13 Å². The number of nitrogens with one attached hydrogen (secondary N) is 1. The lowest BCUT2D eigenvalue weighted by Gasteiger charge is -2.35. The summed E-state index contributed by atoms with van der Waals surface area (Å²) in [6, 6.07) is 7.76. The topological polar surface area (TPSA) is 24.5 Å². The molecule has 1 aromatic rings. The van der Waals surface area contributed by atoms with Gasteiger partial charge in [-0.1, -0.05) is 12.1 Å². The third kappa shape index (κ3) is 4.77. The highest BCUT2D eigenvalue weighted by molar-refractivity contribution is 5.19. The van der Waals surface area contributed by atoms with Crippen molar-refractivity contribution in [3.8, 4) is 0 Å². The highest BCUT2D eigenvalue weighted by Gasteiger charge is 2.21. The molecule has 0 amide bonds. The van der Waals surface area contributed by atoms with Crippen LogP contribution in [-0.2, 0) is 4.74 Å². The molecular weight excluding hydrogens is 267 g/mol. The number of nitrogens with zero attached hydrogens (tertiary/aromatic N) is 1. The van der Waals surface area contributed by atoms with Gasteiger partial charge in [0.05, 0.1) is 6.10 Å². The molecule has 1 fully saturated rings. The first-order chi connectivity index (χ1) is 10.1. The van der Waals surface area contributed by atoms with Gasteiger partial charge in [0.2, 0.25) is 0 Å². The van der Waals surface area contributed by atoms with Crippen LogP contribution in [0.5, 0.6) is 0 Å². The molecule has 0 radical (unpaired) electrons. The summed E-state index contributed by atoms with van der Waals surface area (Å²) in [6.45, 7) is 7.59. The number of halogens is 1. The predicted molar refractivity (Wildman–Crippen MR) is 83.9 cm³/mol. The second kappa shape index (κ2) is 7.87. The standard InChI is InChI=1S/C17H27FN2O/c1-13(2)20-10-8-16(9-11-20)19-12-17(21-3)14-4-6-15(18)7-5-14/h4-7,13,16-17,19H,8-12H2,1-3H3/t17-/m0/s1. The van der Waals surface area contributed by atoms with Crippen LogP contribution in [0.25, 0.3) is 0 Å². The van der Waals surface area contributed by atoms with Crippen molar-refractivity contribution >= 4 is 0 Å². The molecular formula is C17H27FN2O. The Morgan fingerprint density at radius 2 is 1.86 bits per heavy atom. The zero-order valence-corrected chi connectivity index (χ0v) is 13.3. The maximum absolute atomic E-state index is 13.0. The third-order valence-corrected chi connectivity index (χ3v) is 4.38. The van der Waals surface area contributed by atoms with Gasteiger partial charge < -0.3 is 15.0 Å². The molecule has 1 N–H and O–H groups in total. The molecule has 0 bridgehead atoms. The minimum atomic E-state index is -0.206. The lowest BCUT2D eigenvalue weighted by atomic mass is 10.0. The molecule has 0 unspecified atom stereocenters. The predicted octanol–water partition coefficient (Wildman–Crippen LogP) is 2.98. The van der Waals surface area contributed by atoms with Crippen molar-refractivity contribution in [3.63, 3.8) is 0 Å². The van der Waals surface area contributed by atoms with E-state index in [9.17, 15) is 4.39 Å². The molecule has 1 aromatic carbocycles. The van der Waals surface area contributed by atoms with E-state index in [1.54, 1.807) is 19.2 Å². The average Bonchev–Trinajstić information content (AvgIpc) is 2.50. The Morgan fingerprint density at radius 1 is 1.24 bits per heavy atom. The van der Waals surface area contributed by atoms with Gasteiger partial charge in [-0.25, -0.2) is 4.39 Å². The van der Waals surface area contributed by atoms with Gasteiger partial charge in [0, 0.05) is 25.7 Å². The van der Waals surface area contributed by atoms with Crippen molar-refractivity contribution in [1.82, 2.24) is 10.2 Å². The SMILES string of the molecule is CO[C@@H](CNC1CCN(C(C)C)CC1)c1ccc(F)cc1. The first-order valence-electron chi connectivity index (χ1n) is 7.86. The van der Waals surface area contributed by atoms with Crippen LogP contribution >= 0.6 is 0 Å². The number of ether oxygens (including phenoxy) is 1. The molecule has 21 heavy (non-hydrogen) atoms. The van der Waals surface area contributed by atoms with Gasteiger partial charge in [-0.05, 0) is 57.5 Å². The Hall–Kier alpha value is -0.970. The summed E-state index contributed by atoms with van der Waals surface area (Å²) in [5.74, 6) is -0.206. The van der Waals surface area contributed by atoms with Gasteiger partial charge in [0.1, 0.15) is 5.82 Å². The van der Waals surface area contributed by atoms with Crippen LogP contribution in [0.4, 0.5) is 4.39 Å². The Kier molecular flexibility index (Phi) is 6.15. The van der Waals surface area contributed by atoms with E-state index in [2.05, 4.69) is 24.1 Å². The molecule has 0 saturated carbocycles. The summed E-state index contributed by atoms with van der Waals surface area (Å²) in [5.41, 5.74) is 1.02. The normalized spacial score (nSPS) is 19.1. The molecule has 1 saturated heterocycles. The maximum Gasteiger partial charge on any atom is 0.123 e. The Balaban J connectivity index is 1.80. The molecule has 4 heteroatoms. The molecule has 1 aliphatic heterocycles. The fourth-order valence-corrected chi connectivity index (χ4v) is 2.91. The molecule has 0 aliphatic carbocycles. The van der Waals surface area contributed by atoms with Gasteiger partial charge in [-0.2, -0.15) is 0 Å². The number of hydrogen-bond acceptors (Lipinski definition) is 3. The zero-order chi connectivity index (χ0) is 15.2. The number of hydrogen-bond donors (Lipinski definition) is 1. The van der Waals surface area contributed by atoms with Gasteiger partial charge in [0.15, 0.2) is 0 Å². The third-order valence-electron chi connectivity index (χ3n) is 4.38. The van der Waals surface area contributed by atoms with Crippen LogP contribution in [-0.4, -0.2) is 43.7 Å². The summed E-state index contributed by atoms with van der Waals surface area (Å²) < 4.78 is 18.5. The van der Waals surface area contributed by atoms with Crippen LogP contribution in [0, 0.1) is 5.82 Å². The van der Waals surface area contributed by atoms with E-state index in [-0.39, 0.29) is 11.9 Å². The maximum atomic E-state index is 13.0. The molecule has 0 spiro atoms. The first-order valence-corrected chi connectivity index (χ1v) is 7.86. The van der Waals surface area contributed by atoms with Gasteiger partial charge >= 0.3 is 0 Å². The number of methoxy groups -OCH3 is 1. The van der Waals surface area contributed by atoms with Crippen molar-refractivity contribution in [2.24, 2.45) is 0 Å². The summed E-state index contributed by atoms with van der Waals surface area (Å²) >= 11 is 0. The van der Waals surface area contributed by atoms with E-state index in [1.165, 1.54) is 25.0 Å². The molecule has 1 atom stereocenters. The van der Waals surface area contributed by atoms with E-state index in [1.807, 2.05) is 0 Å². The summed E-state index contributed by atoms with van der Waals surface area (Å²) in [7, 11) is 1.71. The first kappa shape index (κ1) is 16.4. The molecule has 1 heterocycles. The van der Waals surface area contributed by atoms with Crippen LogP contribution in [0.3, 0.4) is 0 Å². The fourth-order valence-electron chi connectivity index (χ4n) is 2.91. The quantitative estimate of drug-likeness (QED) is 0.873. The van der Waals surface area contributed by atoms with Gasteiger partial charge in [0.25, 0.3) is 0 Å². The van der Waals surface area contributed by atoms with E-state index in [4.69, 9.17) is 4.74 Å². The smallest absolute Gasteiger partial charge is 0.123 e. The minimum absolute atomic E-state index is 0.0197. The lowest BCUT2D eigenvalue weighted by molar-refractivity contribution is 0.0921. The number of rotatable bonds is 6. The fraction of sp³-hybridized carbons (Fsp3) is 0.647.